The quantitative estimate of drug-likeness (QED) is 0.752. The third-order valence-electron chi connectivity index (χ3n) is 3.55. The molecule has 0 aliphatic rings. The second-order valence-corrected chi connectivity index (χ2v) is 5.66. The Hall–Kier alpha value is -2.44. The molecule has 0 spiro atoms. The molecule has 0 amide bonds. The number of H-pyrrole nitrogens is 1. The molecule has 0 radical (unpaired) electrons. The minimum absolute atomic E-state index is 0.00414. The summed E-state index contributed by atoms with van der Waals surface area (Å²) in [5.41, 5.74) is 3.70. The van der Waals surface area contributed by atoms with Gasteiger partial charge in [-0.25, -0.2) is 0 Å². The van der Waals surface area contributed by atoms with Gasteiger partial charge in [0.2, 0.25) is 5.82 Å². The third kappa shape index (κ3) is 3.49. The Morgan fingerprint density at radius 1 is 1.22 bits per heavy atom. The van der Waals surface area contributed by atoms with Crippen LogP contribution in [-0.2, 0) is 13.2 Å². The lowest BCUT2D eigenvalue weighted by atomic mass is 10.1. The summed E-state index contributed by atoms with van der Waals surface area (Å²) in [7, 11) is 1.98. The van der Waals surface area contributed by atoms with Crippen LogP contribution >= 0.6 is 11.6 Å². The largest absolute Gasteiger partial charge is 0.392 e. The Balaban J connectivity index is 1.88. The molecule has 0 unspecified atom stereocenters. The maximum Gasteiger partial charge on any atom is 0.204 e. The summed E-state index contributed by atoms with van der Waals surface area (Å²) in [6.07, 6.45) is 0. The number of para-hydroxylation sites is 1. The summed E-state index contributed by atoms with van der Waals surface area (Å²) in [6, 6.07) is 13.4. The van der Waals surface area contributed by atoms with Gasteiger partial charge in [0.05, 0.1) is 6.61 Å². The number of nitrogens with zero attached hydrogens (tertiary/aromatic N) is 4. The first-order valence-electron chi connectivity index (χ1n) is 7.10. The van der Waals surface area contributed by atoms with Crippen molar-refractivity contribution in [3.63, 3.8) is 0 Å². The minimum atomic E-state index is 0.00414. The van der Waals surface area contributed by atoms with Crippen LogP contribution in [0.5, 0.6) is 0 Å². The lowest BCUT2D eigenvalue weighted by Crippen LogP contribution is -2.18. The number of hydrogen-bond acceptors (Lipinski definition) is 5. The lowest BCUT2D eigenvalue weighted by Gasteiger charge is -2.22. The van der Waals surface area contributed by atoms with Crippen LogP contribution in [0.1, 0.15) is 11.1 Å². The number of aromatic amines is 1. The van der Waals surface area contributed by atoms with Gasteiger partial charge in [0.25, 0.3) is 0 Å². The van der Waals surface area contributed by atoms with Crippen molar-refractivity contribution in [3.8, 4) is 11.4 Å². The van der Waals surface area contributed by atoms with Crippen LogP contribution in [0.15, 0.2) is 42.5 Å². The monoisotopic (exact) mass is 329 g/mol. The van der Waals surface area contributed by atoms with Crippen LogP contribution in [0.4, 0.5) is 5.69 Å². The number of halogens is 1. The van der Waals surface area contributed by atoms with Crippen LogP contribution in [0.3, 0.4) is 0 Å². The number of benzene rings is 2. The van der Waals surface area contributed by atoms with Crippen molar-refractivity contribution < 1.29 is 5.11 Å². The molecule has 2 N–H and O–H groups in total. The van der Waals surface area contributed by atoms with E-state index in [0.717, 1.165) is 22.4 Å². The summed E-state index contributed by atoms with van der Waals surface area (Å²) in [5.74, 6) is 0.507. The van der Waals surface area contributed by atoms with Crippen LogP contribution in [0, 0.1) is 0 Å². The zero-order valence-electron chi connectivity index (χ0n) is 12.6. The normalized spacial score (nSPS) is 10.7. The van der Waals surface area contributed by atoms with Crippen molar-refractivity contribution >= 4 is 17.3 Å². The SMILES string of the molecule is CN(Cc1cc(Cl)cc(-c2nn[nH]n2)c1)c1ccccc1CO. The molecule has 0 fully saturated rings. The van der Waals surface area contributed by atoms with Gasteiger partial charge in [-0.1, -0.05) is 29.8 Å². The lowest BCUT2D eigenvalue weighted by molar-refractivity contribution is 0.282. The molecule has 0 aliphatic heterocycles. The molecule has 1 aromatic heterocycles. The number of hydrogen-bond donors (Lipinski definition) is 2. The number of aliphatic hydroxyl groups is 1. The number of rotatable bonds is 5. The number of nitrogens with one attached hydrogen (secondary N) is 1. The molecule has 3 aromatic rings. The van der Waals surface area contributed by atoms with Crippen LogP contribution in [0.2, 0.25) is 5.02 Å². The van der Waals surface area contributed by atoms with Crippen molar-refractivity contribution in [2.24, 2.45) is 0 Å². The third-order valence-corrected chi connectivity index (χ3v) is 3.77. The Bertz CT molecular complexity index is 791. The van der Waals surface area contributed by atoms with E-state index in [9.17, 15) is 5.11 Å². The molecular weight excluding hydrogens is 314 g/mol. The van der Waals surface area contributed by atoms with Gasteiger partial charge in [0.15, 0.2) is 0 Å². The molecule has 0 saturated heterocycles. The predicted molar refractivity (Wildman–Crippen MR) is 89.1 cm³/mol. The van der Waals surface area contributed by atoms with Gasteiger partial charge in [0, 0.05) is 35.4 Å². The summed E-state index contributed by atoms with van der Waals surface area (Å²) in [4.78, 5) is 2.07. The molecule has 2 aromatic carbocycles. The van der Waals surface area contributed by atoms with Gasteiger partial charge in [0.1, 0.15) is 0 Å². The molecule has 1 heterocycles. The smallest absolute Gasteiger partial charge is 0.204 e. The fourth-order valence-electron chi connectivity index (χ4n) is 2.53. The average molecular weight is 330 g/mol. The van der Waals surface area contributed by atoms with Gasteiger partial charge in [-0.05, 0) is 35.0 Å². The Kier molecular flexibility index (Phi) is 4.55. The van der Waals surface area contributed by atoms with E-state index < -0.39 is 0 Å². The van der Waals surface area contributed by atoms with E-state index in [2.05, 4.69) is 25.5 Å². The Morgan fingerprint density at radius 2 is 2.04 bits per heavy atom. The first kappa shape index (κ1) is 15.5. The Labute approximate surface area is 138 Å². The van der Waals surface area contributed by atoms with E-state index in [0.29, 0.717) is 17.4 Å². The summed E-state index contributed by atoms with van der Waals surface area (Å²) < 4.78 is 0. The van der Waals surface area contributed by atoms with Gasteiger partial charge < -0.3 is 10.0 Å². The summed E-state index contributed by atoms with van der Waals surface area (Å²) >= 11 is 6.21. The van der Waals surface area contributed by atoms with E-state index in [-0.39, 0.29) is 6.61 Å². The van der Waals surface area contributed by atoms with E-state index >= 15 is 0 Å². The number of aromatic nitrogens is 4. The zero-order chi connectivity index (χ0) is 16.2. The first-order valence-corrected chi connectivity index (χ1v) is 7.48. The highest BCUT2D eigenvalue weighted by atomic mass is 35.5. The summed E-state index contributed by atoms with van der Waals surface area (Å²) in [5, 5.41) is 24.1. The van der Waals surface area contributed by atoms with E-state index in [1.54, 1.807) is 6.07 Å². The Morgan fingerprint density at radius 3 is 2.78 bits per heavy atom. The number of tetrazole rings is 1. The second kappa shape index (κ2) is 6.76. The van der Waals surface area contributed by atoms with Crippen molar-refractivity contribution in [1.82, 2.24) is 20.6 Å². The standard InChI is InChI=1S/C16H16ClN5O/c1-22(15-5-3-2-4-12(15)10-23)9-11-6-13(8-14(17)7-11)16-18-20-21-19-16/h2-8,23H,9-10H2,1H3,(H,18,19,20,21). The maximum atomic E-state index is 9.47. The molecule has 0 atom stereocenters. The van der Waals surface area contributed by atoms with Crippen LogP contribution < -0.4 is 4.90 Å². The molecule has 23 heavy (non-hydrogen) atoms. The van der Waals surface area contributed by atoms with Crippen molar-refractivity contribution in [2.75, 3.05) is 11.9 Å². The van der Waals surface area contributed by atoms with E-state index in [4.69, 9.17) is 11.6 Å². The van der Waals surface area contributed by atoms with Gasteiger partial charge in [-0.2, -0.15) is 5.21 Å². The zero-order valence-corrected chi connectivity index (χ0v) is 13.3. The first-order chi connectivity index (χ1) is 11.2. The van der Waals surface area contributed by atoms with Crippen LogP contribution in [-0.4, -0.2) is 32.8 Å². The fourth-order valence-corrected chi connectivity index (χ4v) is 2.79. The molecule has 0 saturated carbocycles. The maximum absolute atomic E-state index is 9.47. The van der Waals surface area contributed by atoms with Crippen molar-refractivity contribution in [2.45, 2.75) is 13.2 Å². The molecule has 7 heteroatoms. The fraction of sp³-hybridized carbons (Fsp3) is 0.188. The second-order valence-electron chi connectivity index (χ2n) is 5.23. The van der Waals surface area contributed by atoms with Crippen LogP contribution in [0.25, 0.3) is 11.4 Å². The predicted octanol–water partition coefficient (Wildman–Crippen LogP) is 2.65. The topological polar surface area (TPSA) is 77.9 Å². The molecule has 6 nitrogen and oxygen atoms in total. The summed E-state index contributed by atoms with van der Waals surface area (Å²) in [6.45, 7) is 0.645. The molecule has 118 valence electrons. The van der Waals surface area contributed by atoms with Crippen molar-refractivity contribution in [1.29, 1.82) is 0 Å². The molecular formula is C16H16ClN5O. The van der Waals surface area contributed by atoms with E-state index in [1.807, 2.05) is 43.4 Å². The number of aliphatic hydroxyl groups excluding tert-OH is 1. The average Bonchev–Trinajstić information content (AvgIpc) is 3.08. The van der Waals surface area contributed by atoms with Gasteiger partial charge in [-0.3, -0.25) is 0 Å². The number of anilines is 1. The van der Waals surface area contributed by atoms with Gasteiger partial charge in [-0.15, -0.1) is 10.2 Å². The highest BCUT2D eigenvalue weighted by molar-refractivity contribution is 6.30. The van der Waals surface area contributed by atoms with Gasteiger partial charge >= 0.3 is 0 Å². The minimum Gasteiger partial charge on any atom is -0.392 e. The van der Waals surface area contributed by atoms with E-state index in [1.165, 1.54) is 0 Å². The molecule has 0 bridgehead atoms. The van der Waals surface area contributed by atoms with Crippen molar-refractivity contribution in [3.05, 3.63) is 58.6 Å². The highest BCUT2D eigenvalue weighted by Gasteiger charge is 2.10. The molecule has 0 aliphatic carbocycles. The highest BCUT2D eigenvalue weighted by Crippen LogP contribution is 2.25. The molecule has 3 rings (SSSR count).